The molecule has 1 atom stereocenters. The normalized spacial score (nSPS) is 22.0. The third-order valence-corrected chi connectivity index (χ3v) is 4.07. The number of hydrogen-bond donors (Lipinski definition) is 0. The summed E-state index contributed by atoms with van der Waals surface area (Å²) in [5, 5.41) is 0. The fourth-order valence-corrected chi connectivity index (χ4v) is 3.08. The lowest BCUT2D eigenvalue weighted by Crippen LogP contribution is -2.05. The average Bonchev–Trinajstić information content (AvgIpc) is 2.07. The Hall–Kier alpha value is 0.180. The van der Waals surface area contributed by atoms with Crippen LogP contribution in [0.5, 0.6) is 0 Å². The summed E-state index contributed by atoms with van der Waals surface area (Å²) in [4.78, 5) is 0.568. The molecule has 0 fully saturated rings. The van der Waals surface area contributed by atoms with Crippen LogP contribution in [0.3, 0.4) is 0 Å². The molecule has 0 radical (unpaired) electrons. The SMILES string of the molecule is Brc1cccc2c1CCCC2Br. The molecule has 0 N–H and O–H groups in total. The van der Waals surface area contributed by atoms with Crippen molar-refractivity contribution in [2.75, 3.05) is 0 Å². The zero-order valence-electron chi connectivity index (χ0n) is 6.69. The van der Waals surface area contributed by atoms with Crippen molar-refractivity contribution in [3.63, 3.8) is 0 Å². The standard InChI is InChI=1S/C10H10Br2/c11-9-5-1-3-7-8(9)4-2-6-10(7)12/h1,3,5,10H,2,4,6H2. The lowest BCUT2D eigenvalue weighted by Gasteiger charge is -2.21. The Labute approximate surface area is 89.6 Å². The summed E-state index contributed by atoms with van der Waals surface area (Å²) in [6.45, 7) is 0. The second-order valence-electron chi connectivity index (χ2n) is 3.17. The van der Waals surface area contributed by atoms with Crippen molar-refractivity contribution in [3.8, 4) is 0 Å². The van der Waals surface area contributed by atoms with Gasteiger partial charge in [0, 0.05) is 9.30 Å². The maximum Gasteiger partial charge on any atom is 0.0398 e. The monoisotopic (exact) mass is 288 g/mol. The molecule has 0 aliphatic heterocycles. The molecule has 0 amide bonds. The van der Waals surface area contributed by atoms with Crippen LogP contribution in [0.1, 0.15) is 28.8 Å². The third-order valence-electron chi connectivity index (χ3n) is 2.38. The van der Waals surface area contributed by atoms with Crippen LogP contribution < -0.4 is 0 Å². The van der Waals surface area contributed by atoms with Gasteiger partial charge in [-0.25, -0.2) is 0 Å². The predicted octanol–water partition coefficient (Wildman–Crippen LogP) is 4.22. The minimum Gasteiger partial charge on any atom is -0.0839 e. The van der Waals surface area contributed by atoms with Gasteiger partial charge in [0.05, 0.1) is 0 Å². The van der Waals surface area contributed by atoms with E-state index in [4.69, 9.17) is 0 Å². The number of alkyl halides is 1. The Morgan fingerprint density at radius 2 is 2.17 bits per heavy atom. The number of rotatable bonds is 0. The Balaban J connectivity index is 2.52. The number of fused-ring (bicyclic) bond motifs is 1. The van der Waals surface area contributed by atoms with Crippen LogP contribution >= 0.6 is 31.9 Å². The fourth-order valence-electron chi connectivity index (χ4n) is 1.75. The molecule has 0 nitrogen and oxygen atoms in total. The zero-order chi connectivity index (χ0) is 8.55. The number of hydrogen-bond acceptors (Lipinski definition) is 0. The highest BCUT2D eigenvalue weighted by Crippen LogP contribution is 2.38. The second kappa shape index (κ2) is 3.51. The zero-order valence-corrected chi connectivity index (χ0v) is 9.86. The molecule has 12 heavy (non-hydrogen) atoms. The third kappa shape index (κ3) is 1.47. The van der Waals surface area contributed by atoms with E-state index in [9.17, 15) is 0 Å². The summed E-state index contributed by atoms with van der Waals surface area (Å²) in [5.41, 5.74) is 2.96. The highest BCUT2D eigenvalue weighted by Gasteiger charge is 2.18. The van der Waals surface area contributed by atoms with Crippen LogP contribution in [0.15, 0.2) is 22.7 Å². The molecule has 1 aromatic carbocycles. The van der Waals surface area contributed by atoms with E-state index < -0.39 is 0 Å². The van der Waals surface area contributed by atoms with E-state index in [2.05, 4.69) is 50.1 Å². The Bertz CT molecular complexity index is 294. The highest BCUT2D eigenvalue weighted by atomic mass is 79.9. The van der Waals surface area contributed by atoms with E-state index in [1.807, 2.05) is 0 Å². The van der Waals surface area contributed by atoms with Gasteiger partial charge >= 0.3 is 0 Å². The molecule has 0 saturated heterocycles. The van der Waals surface area contributed by atoms with Gasteiger partial charge in [-0.15, -0.1) is 0 Å². The van der Waals surface area contributed by atoms with E-state index in [1.165, 1.54) is 34.9 Å². The van der Waals surface area contributed by atoms with Gasteiger partial charge in [-0.2, -0.15) is 0 Å². The predicted molar refractivity (Wildman–Crippen MR) is 58.7 cm³/mol. The minimum atomic E-state index is 0.568. The van der Waals surface area contributed by atoms with Gasteiger partial charge in [-0.05, 0) is 36.5 Å². The van der Waals surface area contributed by atoms with Crippen molar-refractivity contribution in [2.45, 2.75) is 24.1 Å². The summed E-state index contributed by atoms with van der Waals surface area (Å²) in [6, 6.07) is 6.46. The molecule has 0 spiro atoms. The van der Waals surface area contributed by atoms with Crippen LogP contribution in [-0.2, 0) is 6.42 Å². The highest BCUT2D eigenvalue weighted by molar-refractivity contribution is 9.10. The molecule has 0 aromatic heterocycles. The van der Waals surface area contributed by atoms with E-state index in [1.54, 1.807) is 0 Å². The quantitative estimate of drug-likeness (QED) is 0.627. The molecule has 1 aromatic rings. The molecular formula is C10H10Br2. The van der Waals surface area contributed by atoms with Crippen LogP contribution in [-0.4, -0.2) is 0 Å². The van der Waals surface area contributed by atoms with E-state index in [0.717, 1.165) is 0 Å². The first kappa shape index (κ1) is 8.76. The van der Waals surface area contributed by atoms with E-state index >= 15 is 0 Å². The summed E-state index contributed by atoms with van der Waals surface area (Å²) in [5.74, 6) is 0. The Morgan fingerprint density at radius 3 is 2.92 bits per heavy atom. The van der Waals surface area contributed by atoms with Crippen molar-refractivity contribution < 1.29 is 0 Å². The topological polar surface area (TPSA) is 0 Å². The summed E-state index contributed by atoms with van der Waals surface area (Å²) < 4.78 is 1.27. The van der Waals surface area contributed by atoms with Crippen molar-refractivity contribution >= 4 is 31.9 Å². The second-order valence-corrected chi connectivity index (χ2v) is 5.13. The first-order valence-corrected chi connectivity index (χ1v) is 5.91. The van der Waals surface area contributed by atoms with Crippen LogP contribution in [0.4, 0.5) is 0 Å². The largest absolute Gasteiger partial charge is 0.0839 e. The van der Waals surface area contributed by atoms with Gasteiger partial charge in [-0.1, -0.05) is 44.0 Å². The molecular weight excluding hydrogens is 280 g/mol. The maximum atomic E-state index is 3.70. The van der Waals surface area contributed by atoms with Gasteiger partial charge in [0.1, 0.15) is 0 Å². The number of benzene rings is 1. The van der Waals surface area contributed by atoms with Crippen LogP contribution in [0, 0.1) is 0 Å². The molecule has 1 aliphatic carbocycles. The van der Waals surface area contributed by atoms with Crippen molar-refractivity contribution in [1.29, 1.82) is 0 Å². The smallest absolute Gasteiger partial charge is 0.0398 e. The van der Waals surface area contributed by atoms with E-state index in [-0.39, 0.29) is 0 Å². The fraction of sp³-hybridized carbons (Fsp3) is 0.400. The summed E-state index contributed by atoms with van der Waals surface area (Å²) >= 11 is 7.29. The first-order valence-electron chi connectivity index (χ1n) is 4.20. The average molecular weight is 290 g/mol. The molecule has 1 unspecified atom stereocenters. The van der Waals surface area contributed by atoms with Gasteiger partial charge in [0.25, 0.3) is 0 Å². The van der Waals surface area contributed by atoms with Gasteiger partial charge in [0.15, 0.2) is 0 Å². The van der Waals surface area contributed by atoms with Crippen LogP contribution in [0.25, 0.3) is 0 Å². The summed E-state index contributed by atoms with van der Waals surface area (Å²) in [6.07, 6.45) is 3.79. The van der Waals surface area contributed by atoms with Crippen molar-refractivity contribution in [1.82, 2.24) is 0 Å². The van der Waals surface area contributed by atoms with E-state index in [0.29, 0.717) is 4.83 Å². The molecule has 64 valence electrons. The van der Waals surface area contributed by atoms with Crippen molar-refractivity contribution in [2.24, 2.45) is 0 Å². The van der Waals surface area contributed by atoms with Crippen LogP contribution in [0.2, 0.25) is 0 Å². The van der Waals surface area contributed by atoms with Gasteiger partial charge in [-0.3, -0.25) is 0 Å². The maximum absolute atomic E-state index is 3.70. The minimum absolute atomic E-state index is 0.568. The van der Waals surface area contributed by atoms with Gasteiger partial charge in [0.2, 0.25) is 0 Å². The Kier molecular flexibility index (Phi) is 2.56. The molecule has 2 rings (SSSR count). The molecule has 0 saturated carbocycles. The molecule has 0 bridgehead atoms. The van der Waals surface area contributed by atoms with Gasteiger partial charge < -0.3 is 0 Å². The van der Waals surface area contributed by atoms with Crippen molar-refractivity contribution in [3.05, 3.63) is 33.8 Å². The lowest BCUT2D eigenvalue weighted by atomic mass is 9.92. The Morgan fingerprint density at radius 1 is 1.33 bits per heavy atom. The first-order chi connectivity index (χ1) is 5.79. The lowest BCUT2D eigenvalue weighted by molar-refractivity contribution is 0.678. The molecule has 2 heteroatoms. The molecule has 0 heterocycles. The number of halogens is 2. The molecule has 1 aliphatic rings. The summed E-state index contributed by atoms with van der Waals surface area (Å²) in [7, 11) is 0.